The summed E-state index contributed by atoms with van der Waals surface area (Å²) in [5.74, 6) is 0.952. The fourth-order valence-corrected chi connectivity index (χ4v) is 1.90. The topological polar surface area (TPSA) is 33.1 Å². The Balaban J connectivity index is 2.29. The normalized spacial score (nSPS) is 14.5. The summed E-state index contributed by atoms with van der Waals surface area (Å²) >= 11 is 0. The molecule has 1 aromatic carbocycles. The van der Waals surface area contributed by atoms with Gasteiger partial charge in [-0.3, -0.25) is 5.01 Å². The summed E-state index contributed by atoms with van der Waals surface area (Å²) in [6.07, 6.45) is 0. The Morgan fingerprint density at radius 2 is 2.29 bits per heavy atom. The minimum Gasteiger partial charge on any atom is -0.335 e. The zero-order chi connectivity index (χ0) is 9.54. The number of imidazole rings is 1. The molecule has 1 aliphatic heterocycles. The number of aromatic nitrogens is 2. The first-order valence-corrected chi connectivity index (χ1v) is 4.86. The van der Waals surface area contributed by atoms with Gasteiger partial charge < -0.3 is 5.32 Å². The first kappa shape index (κ1) is 7.67. The molecule has 0 unspecified atom stereocenters. The van der Waals surface area contributed by atoms with Crippen molar-refractivity contribution >= 4 is 17.0 Å². The fraction of sp³-hybridized carbons (Fsp3) is 0.300. The summed E-state index contributed by atoms with van der Waals surface area (Å²) in [4.78, 5) is 4.50. The molecule has 1 aliphatic rings. The maximum Gasteiger partial charge on any atom is 0.224 e. The molecule has 0 saturated heterocycles. The lowest BCUT2D eigenvalue weighted by atomic mass is 10.3. The van der Waals surface area contributed by atoms with Crippen LogP contribution in [0.4, 0.5) is 5.95 Å². The standard InChI is InChI=1S/C10H12N4/c1-2-13-7-11-10-12-8-5-3-4-6-9(8)14(10)13/h3-6H,2,7H2,1H3,(H,11,12). The van der Waals surface area contributed by atoms with E-state index in [1.807, 2.05) is 18.2 Å². The molecule has 4 heteroatoms. The largest absolute Gasteiger partial charge is 0.335 e. The van der Waals surface area contributed by atoms with Crippen LogP contribution in [0.1, 0.15) is 6.92 Å². The smallest absolute Gasteiger partial charge is 0.224 e. The number of fused-ring (bicyclic) bond motifs is 3. The second-order valence-corrected chi connectivity index (χ2v) is 3.39. The molecule has 0 saturated carbocycles. The van der Waals surface area contributed by atoms with E-state index in [1.54, 1.807) is 0 Å². The highest BCUT2D eigenvalue weighted by atomic mass is 15.7. The molecule has 2 heterocycles. The van der Waals surface area contributed by atoms with E-state index in [-0.39, 0.29) is 0 Å². The van der Waals surface area contributed by atoms with Crippen molar-refractivity contribution in [3.8, 4) is 0 Å². The van der Waals surface area contributed by atoms with Crippen molar-refractivity contribution in [1.82, 2.24) is 9.66 Å². The molecule has 1 aromatic heterocycles. The maximum absolute atomic E-state index is 4.50. The number of rotatable bonds is 1. The SMILES string of the molecule is CCN1CNc2nc3ccccc3n21. The number of benzene rings is 1. The average molecular weight is 188 g/mol. The monoisotopic (exact) mass is 188 g/mol. The number of nitrogens with zero attached hydrogens (tertiary/aromatic N) is 3. The Hall–Kier alpha value is -1.71. The van der Waals surface area contributed by atoms with Gasteiger partial charge in [-0.2, -0.15) is 0 Å². The molecule has 0 spiro atoms. The van der Waals surface area contributed by atoms with Crippen LogP contribution in [0.15, 0.2) is 24.3 Å². The van der Waals surface area contributed by atoms with Crippen molar-refractivity contribution in [2.75, 3.05) is 23.5 Å². The predicted octanol–water partition coefficient (Wildman–Crippen LogP) is 1.38. The second-order valence-electron chi connectivity index (χ2n) is 3.39. The third-order valence-corrected chi connectivity index (χ3v) is 2.60. The Bertz CT molecular complexity index is 474. The van der Waals surface area contributed by atoms with Crippen molar-refractivity contribution in [2.24, 2.45) is 0 Å². The molecule has 2 aromatic rings. The Kier molecular flexibility index (Phi) is 1.45. The van der Waals surface area contributed by atoms with Gasteiger partial charge in [-0.15, -0.1) is 0 Å². The summed E-state index contributed by atoms with van der Waals surface area (Å²) in [6.45, 7) is 3.98. The summed E-state index contributed by atoms with van der Waals surface area (Å²) in [5, 5.41) is 5.50. The Morgan fingerprint density at radius 1 is 1.43 bits per heavy atom. The quantitative estimate of drug-likeness (QED) is 0.734. The van der Waals surface area contributed by atoms with Crippen LogP contribution in [0.25, 0.3) is 11.0 Å². The van der Waals surface area contributed by atoms with Gasteiger partial charge in [0, 0.05) is 6.54 Å². The molecular formula is C10H12N4. The van der Waals surface area contributed by atoms with Gasteiger partial charge in [-0.1, -0.05) is 12.1 Å². The lowest BCUT2D eigenvalue weighted by molar-refractivity contribution is 0.699. The number of para-hydroxylation sites is 2. The Labute approximate surface area is 82.1 Å². The molecule has 0 amide bonds. The average Bonchev–Trinajstić information content (AvgIpc) is 2.75. The van der Waals surface area contributed by atoms with Crippen LogP contribution >= 0.6 is 0 Å². The fourth-order valence-electron chi connectivity index (χ4n) is 1.90. The van der Waals surface area contributed by atoms with Crippen molar-refractivity contribution in [1.29, 1.82) is 0 Å². The molecule has 3 rings (SSSR count). The minimum atomic E-state index is 0.851. The van der Waals surface area contributed by atoms with Crippen LogP contribution in [-0.2, 0) is 0 Å². The van der Waals surface area contributed by atoms with Crippen LogP contribution < -0.4 is 10.3 Å². The van der Waals surface area contributed by atoms with Gasteiger partial charge in [0.2, 0.25) is 5.95 Å². The molecule has 0 bridgehead atoms. The van der Waals surface area contributed by atoms with Crippen LogP contribution in [0.2, 0.25) is 0 Å². The van der Waals surface area contributed by atoms with Crippen molar-refractivity contribution in [2.45, 2.75) is 6.92 Å². The van der Waals surface area contributed by atoms with Gasteiger partial charge in [0.05, 0.1) is 11.0 Å². The summed E-state index contributed by atoms with van der Waals surface area (Å²) in [6, 6.07) is 8.20. The molecule has 0 atom stereocenters. The van der Waals surface area contributed by atoms with Gasteiger partial charge in [0.15, 0.2) is 0 Å². The molecule has 4 nitrogen and oxygen atoms in total. The van der Waals surface area contributed by atoms with Gasteiger partial charge in [-0.05, 0) is 19.1 Å². The lowest BCUT2D eigenvalue weighted by Crippen LogP contribution is -2.30. The van der Waals surface area contributed by atoms with Crippen LogP contribution in [0.5, 0.6) is 0 Å². The van der Waals surface area contributed by atoms with Crippen molar-refractivity contribution in [3.63, 3.8) is 0 Å². The summed E-state index contributed by atoms with van der Waals surface area (Å²) in [5.41, 5.74) is 2.22. The number of nitrogens with one attached hydrogen (secondary N) is 1. The van der Waals surface area contributed by atoms with Gasteiger partial charge in [0.1, 0.15) is 6.67 Å². The summed E-state index contributed by atoms with van der Waals surface area (Å²) < 4.78 is 2.15. The Morgan fingerprint density at radius 3 is 3.14 bits per heavy atom. The number of hydrogen-bond acceptors (Lipinski definition) is 3. The zero-order valence-corrected chi connectivity index (χ0v) is 8.07. The van der Waals surface area contributed by atoms with Crippen LogP contribution in [-0.4, -0.2) is 22.9 Å². The highest BCUT2D eigenvalue weighted by molar-refractivity contribution is 5.79. The molecule has 1 N–H and O–H groups in total. The van der Waals surface area contributed by atoms with E-state index in [0.29, 0.717) is 0 Å². The second kappa shape index (κ2) is 2.64. The first-order valence-electron chi connectivity index (χ1n) is 4.86. The minimum absolute atomic E-state index is 0.851. The number of anilines is 1. The number of hydrogen-bond donors (Lipinski definition) is 1. The van der Waals surface area contributed by atoms with E-state index in [2.05, 4.69) is 33.0 Å². The van der Waals surface area contributed by atoms with E-state index in [1.165, 1.54) is 5.52 Å². The van der Waals surface area contributed by atoms with Crippen LogP contribution in [0.3, 0.4) is 0 Å². The molecule has 0 aliphatic carbocycles. The third kappa shape index (κ3) is 0.852. The van der Waals surface area contributed by atoms with Gasteiger partial charge >= 0.3 is 0 Å². The molecule has 14 heavy (non-hydrogen) atoms. The van der Waals surface area contributed by atoms with Crippen molar-refractivity contribution < 1.29 is 0 Å². The molecule has 0 fully saturated rings. The third-order valence-electron chi connectivity index (χ3n) is 2.60. The van der Waals surface area contributed by atoms with Gasteiger partial charge in [-0.25, -0.2) is 9.66 Å². The molecular weight excluding hydrogens is 176 g/mol. The van der Waals surface area contributed by atoms with E-state index in [9.17, 15) is 0 Å². The van der Waals surface area contributed by atoms with E-state index < -0.39 is 0 Å². The van der Waals surface area contributed by atoms with E-state index >= 15 is 0 Å². The van der Waals surface area contributed by atoms with E-state index in [0.717, 1.165) is 24.7 Å². The lowest BCUT2D eigenvalue weighted by Gasteiger charge is -2.16. The van der Waals surface area contributed by atoms with Gasteiger partial charge in [0.25, 0.3) is 0 Å². The maximum atomic E-state index is 4.50. The molecule has 72 valence electrons. The van der Waals surface area contributed by atoms with Crippen molar-refractivity contribution in [3.05, 3.63) is 24.3 Å². The predicted molar refractivity (Wildman–Crippen MR) is 57.0 cm³/mol. The van der Waals surface area contributed by atoms with E-state index in [4.69, 9.17) is 0 Å². The zero-order valence-electron chi connectivity index (χ0n) is 8.07. The highest BCUT2D eigenvalue weighted by Gasteiger charge is 2.20. The highest BCUT2D eigenvalue weighted by Crippen LogP contribution is 2.22. The van der Waals surface area contributed by atoms with Crippen LogP contribution in [0, 0.1) is 0 Å². The first-order chi connectivity index (χ1) is 6.90. The summed E-state index contributed by atoms with van der Waals surface area (Å²) in [7, 11) is 0. The molecule has 0 radical (unpaired) electrons.